The lowest BCUT2D eigenvalue weighted by Gasteiger charge is -2.39. The highest BCUT2D eigenvalue weighted by Crippen LogP contribution is 2.25. The molecule has 0 radical (unpaired) electrons. The lowest BCUT2D eigenvalue weighted by atomic mass is 10.2. The summed E-state index contributed by atoms with van der Waals surface area (Å²) in [7, 11) is -2.37. The first-order valence-electron chi connectivity index (χ1n) is 10.5. The second-order valence-electron chi connectivity index (χ2n) is 7.18. The van der Waals surface area contributed by atoms with Crippen LogP contribution in [0.4, 0.5) is 10.5 Å². The summed E-state index contributed by atoms with van der Waals surface area (Å²) in [6, 6.07) is 8.60. The molecule has 3 rings (SSSR count). The molecule has 0 aliphatic carbocycles. The largest absolute Gasteiger partial charge is 0.494 e. The maximum atomic E-state index is 13.1. The molecular formula is C21H28N4O6S2. The average molecular weight is 497 g/mol. The number of hydrogen-bond acceptors (Lipinski definition) is 7. The molecule has 180 valence electrons. The van der Waals surface area contributed by atoms with Crippen molar-refractivity contribution in [1.82, 2.24) is 14.5 Å². The summed E-state index contributed by atoms with van der Waals surface area (Å²) in [5.41, 5.74) is 0.568. The van der Waals surface area contributed by atoms with Crippen molar-refractivity contribution in [3.8, 4) is 5.75 Å². The van der Waals surface area contributed by atoms with Crippen LogP contribution in [0, 0.1) is 0 Å². The summed E-state index contributed by atoms with van der Waals surface area (Å²) in [5.74, 6) is 0.210. The molecule has 10 nitrogen and oxygen atoms in total. The fourth-order valence-electron chi connectivity index (χ4n) is 3.38. The van der Waals surface area contributed by atoms with Gasteiger partial charge in [-0.05, 0) is 42.6 Å². The maximum absolute atomic E-state index is 13.1. The predicted octanol–water partition coefficient (Wildman–Crippen LogP) is 1.82. The molecule has 12 heteroatoms. The topological polar surface area (TPSA) is 117 Å². The van der Waals surface area contributed by atoms with Gasteiger partial charge in [0.15, 0.2) is 0 Å². The molecule has 33 heavy (non-hydrogen) atoms. The van der Waals surface area contributed by atoms with E-state index in [0.29, 0.717) is 18.0 Å². The van der Waals surface area contributed by atoms with Gasteiger partial charge in [-0.15, -0.1) is 11.3 Å². The quantitative estimate of drug-likeness (QED) is 0.512. The predicted molar refractivity (Wildman–Crippen MR) is 125 cm³/mol. The number of thiophene rings is 1. The van der Waals surface area contributed by atoms with E-state index in [0.717, 1.165) is 11.3 Å². The fraction of sp³-hybridized carbons (Fsp3) is 0.429. The Kier molecular flexibility index (Phi) is 8.67. The molecule has 3 amide bonds. The van der Waals surface area contributed by atoms with Gasteiger partial charge in [0.05, 0.1) is 13.2 Å². The van der Waals surface area contributed by atoms with Crippen LogP contribution in [-0.2, 0) is 19.6 Å². The van der Waals surface area contributed by atoms with Gasteiger partial charge in [0.25, 0.3) is 10.0 Å². The fourth-order valence-corrected chi connectivity index (χ4v) is 6.07. The third-order valence-electron chi connectivity index (χ3n) is 5.00. The molecule has 0 saturated carbocycles. The van der Waals surface area contributed by atoms with E-state index in [1.807, 2.05) is 6.92 Å². The van der Waals surface area contributed by atoms with Crippen LogP contribution in [0.3, 0.4) is 0 Å². The molecule has 2 aromatic rings. The van der Waals surface area contributed by atoms with Gasteiger partial charge in [-0.2, -0.15) is 4.31 Å². The minimum Gasteiger partial charge on any atom is -0.494 e. The van der Waals surface area contributed by atoms with E-state index in [1.54, 1.807) is 35.7 Å². The third-order valence-corrected chi connectivity index (χ3v) is 8.28. The Morgan fingerprint density at radius 3 is 2.58 bits per heavy atom. The van der Waals surface area contributed by atoms with E-state index in [-0.39, 0.29) is 37.0 Å². The Morgan fingerprint density at radius 2 is 1.94 bits per heavy atom. The van der Waals surface area contributed by atoms with Crippen molar-refractivity contribution in [2.45, 2.75) is 17.2 Å². The van der Waals surface area contributed by atoms with Crippen molar-refractivity contribution in [3.63, 3.8) is 0 Å². The molecule has 1 aliphatic heterocycles. The van der Waals surface area contributed by atoms with Gasteiger partial charge in [-0.1, -0.05) is 6.07 Å². The van der Waals surface area contributed by atoms with E-state index >= 15 is 0 Å². The maximum Gasteiger partial charge on any atom is 0.321 e. The number of hydrogen-bond donors (Lipinski definition) is 2. The standard InChI is InChI=1S/C21H28N4O6S2/c1-3-31-17-8-6-16(7-9-17)23-21(27)24-11-12-25(33(28,29)19-5-4-14-32-19)18(15-24)20(26)22-10-13-30-2/h4-9,14,18H,3,10-13,15H2,1-2H3,(H,22,26)(H,23,27). The number of amides is 3. The van der Waals surface area contributed by atoms with Crippen LogP contribution < -0.4 is 15.4 Å². The van der Waals surface area contributed by atoms with Crippen molar-refractivity contribution in [1.29, 1.82) is 0 Å². The van der Waals surface area contributed by atoms with E-state index in [9.17, 15) is 18.0 Å². The first-order chi connectivity index (χ1) is 15.9. The lowest BCUT2D eigenvalue weighted by molar-refractivity contribution is -0.126. The van der Waals surface area contributed by atoms with Crippen LogP contribution in [0.15, 0.2) is 46.0 Å². The van der Waals surface area contributed by atoms with Gasteiger partial charge in [0, 0.05) is 39.0 Å². The number of rotatable bonds is 9. The van der Waals surface area contributed by atoms with Crippen LogP contribution in [0.25, 0.3) is 0 Å². The van der Waals surface area contributed by atoms with E-state index in [1.165, 1.54) is 22.4 Å². The number of nitrogens with one attached hydrogen (secondary N) is 2. The van der Waals surface area contributed by atoms with Gasteiger partial charge in [-0.3, -0.25) is 4.79 Å². The normalized spacial score (nSPS) is 16.9. The summed E-state index contributed by atoms with van der Waals surface area (Å²) in [6.07, 6.45) is 0. The van der Waals surface area contributed by atoms with Gasteiger partial charge >= 0.3 is 6.03 Å². The number of sulfonamides is 1. The summed E-state index contributed by atoms with van der Waals surface area (Å²) in [6.45, 7) is 3.02. The molecular weight excluding hydrogens is 468 g/mol. The average Bonchev–Trinajstić information content (AvgIpc) is 3.36. The highest BCUT2D eigenvalue weighted by atomic mass is 32.2. The number of carbonyl (C=O) groups is 2. The zero-order valence-corrected chi connectivity index (χ0v) is 20.2. The number of ether oxygens (including phenoxy) is 2. The first-order valence-corrected chi connectivity index (χ1v) is 12.8. The lowest BCUT2D eigenvalue weighted by Crippen LogP contribution is -2.62. The molecule has 1 fully saturated rings. The number of methoxy groups -OCH3 is 1. The van der Waals surface area contributed by atoms with Crippen molar-refractivity contribution >= 4 is 39.0 Å². The number of benzene rings is 1. The molecule has 1 unspecified atom stereocenters. The number of piperazine rings is 1. The summed E-state index contributed by atoms with van der Waals surface area (Å²) in [5, 5.41) is 7.14. The van der Waals surface area contributed by atoms with Crippen LogP contribution >= 0.6 is 11.3 Å². The second kappa shape index (κ2) is 11.5. The van der Waals surface area contributed by atoms with Crippen LogP contribution in [0.5, 0.6) is 5.75 Å². The summed E-state index contributed by atoms with van der Waals surface area (Å²) < 4.78 is 38.0. The van der Waals surface area contributed by atoms with Crippen molar-refractivity contribution < 1.29 is 27.5 Å². The first kappa shape index (κ1) is 25.0. The molecule has 2 N–H and O–H groups in total. The Hall–Kier alpha value is -2.67. The second-order valence-corrected chi connectivity index (χ2v) is 10.2. The van der Waals surface area contributed by atoms with Crippen LogP contribution in [-0.4, -0.2) is 82.1 Å². The Labute approximate surface area is 197 Å². The van der Waals surface area contributed by atoms with E-state index < -0.39 is 28.0 Å². The number of anilines is 1. The Morgan fingerprint density at radius 1 is 1.18 bits per heavy atom. The number of urea groups is 1. The van der Waals surface area contributed by atoms with Crippen molar-refractivity contribution in [2.75, 3.05) is 51.8 Å². The Balaban J connectivity index is 1.74. The van der Waals surface area contributed by atoms with Crippen molar-refractivity contribution in [2.24, 2.45) is 0 Å². The zero-order valence-electron chi connectivity index (χ0n) is 18.5. The Bertz CT molecular complexity index is 1030. The highest BCUT2D eigenvalue weighted by molar-refractivity contribution is 7.91. The minimum atomic E-state index is -3.87. The molecule has 1 aromatic carbocycles. The smallest absolute Gasteiger partial charge is 0.321 e. The molecule has 0 spiro atoms. The number of nitrogens with zero attached hydrogens (tertiary/aromatic N) is 2. The summed E-state index contributed by atoms with van der Waals surface area (Å²) >= 11 is 1.09. The molecule has 1 aliphatic rings. The number of carbonyl (C=O) groups excluding carboxylic acids is 2. The van der Waals surface area contributed by atoms with Gasteiger partial charge < -0.3 is 25.0 Å². The van der Waals surface area contributed by atoms with Crippen LogP contribution in [0.2, 0.25) is 0 Å². The van der Waals surface area contributed by atoms with Gasteiger partial charge in [0.1, 0.15) is 16.0 Å². The SMILES string of the molecule is CCOc1ccc(NC(=O)N2CCN(S(=O)(=O)c3cccs3)C(C(=O)NCCOC)C2)cc1. The highest BCUT2D eigenvalue weighted by Gasteiger charge is 2.41. The zero-order chi connectivity index (χ0) is 23.8. The molecule has 0 bridgehead atoms. The monoisotopic (exact) mass is 496 g/mol. The van der Waals surface area contributed by atoms with Gasteiger partial charge in [-0.25, -0.2) is 13.2 Å². The molecule has 1 aromatic heterocycles. The third kappa shape index (κ3) is 6.22. The van der Waals surface area contributed by atoms with E-state index in [4.69, 9.17) is 9.47 Å². The van der Waals surface area contributed by atoms with Gasteiger partial charge in [0.2, 0.25) is 5.91 Å². The molecule has 1 saturated heterocycles. The molecule has 1 atom stereocenters. The van der Waals surface area contributed by atoms with Crippen LogP contribution in [0.1, 0.15) is 6.92 Å². The minimum absolute atomic E-state index is 0.000699. The summed E-state index contributed by atoms with van der Waals surface area (Å²) in [4.78, 5) is 27.2. The van der Waals surface area contributed by atoms with E-state index in [2.05, 4.69) is 10.6 Å². The van der Waals surface area contributed by atoms with Crippen molar-refractivity contribution in [3.05, 3.63) is 41.8 Å². The molecule has 2 heterocycles.